The number of nitrogens with one attached hydrogen (secondary N) is 3. The van der Waals surface area contributed by atoms with Crippen molar-refractivity contribution in [2.75, 3.05) is 26.0 Å². The molecule has 5 N–H and O–H groups in total. The molecule has 0 saturated carbocycles. The number of alkyl carbamates (subject to hydrolysis) is 1. The Morgan fingerprint density at radius 2 is 1.82 bits per heavy atom. The number of aromatic nitrogens is 3. The molecule has 0 aromatic carbocycles. The number of nitrogens with zero attached hydrogens (tertiary/aromatic N) is 4. The summed E-state index contributed by atoms with van der Waals surface area (Å²) in [6, 6.07) is 2.54. The van der Waals surface area contributed by atoms with E-state index in [-0.39, 0.29) is 35.5 Å². The molecule has 0 unspecified atom stereocenters. The molecular formula is C26H37FN8O4S. The number of aliphatic imine (C=N–C) groups is 1. The third-order valence-electron chi connectivity index (χ3n) is 6.26. The summed E-state index contributed by atoms with van der Waals surface area (Å²) in [7, 11) is 3.18. The third kappa shape index (κ3) is 6.50. The summed E-state index contributed by atoms with van der Waals surface area (Å²) in [5.74, 6) is -0.642. The van der Waals surface area contributed by atoms with Crippen LogP contribution in [0.2, 0.25) is 0 Å². The first-order valence-corrected chi connectivity index (χ1v) is 13.5. The largest absolute Gasteiger partial charge is 0.480 e. The molecule has 1 aliphatic rings. The molecule has 2 aromatic rings. The number of thioether (sulfide) groups is 1. The molecule has 2 amide bonds. The van der Waals surface area contributed by atoms with E-state index >= 15 is 4.39 Å². The maximum Gasteiger partial charge on any atom is 0.413 e. The minimum absolute atomic E-state index is 0.0178. The van der Waals surface area contributed by atoms with Crippen molar-refractivity contribution in [3.63, 3.8) is 0 Å². The molecule has 14 heteroatoms. The van der Waals surface area contributed by atoms with Crippen LogP contribution in [0, 0.1) is 5.82 Å². The van der Waals surface area contributed by atoms with Gasteiger partial charge in [-0.15, -0.1) is 11.8 Å². The molecule has 12 nitrogen and oxygen atoms in total. The molecule has 0 bridgehead atoms. The molecule has 0 fully saturated rings. The molecule has 0 saturated heterocycles. The predicted molar refractivity (Wildman–Crippen MR) is 152 cm³/mol. The molecule has 2 aromatic heterocycles. The average Bonchev–Trinajstić information content (AvgIpc) is 2.87. The Kier molecular flexibility index (Phi) is 9.06. The predicted octanol–water partition coefficient (Wildman–Crippen LogP) is 3.20. The minimum atomic E-state index is -1.39. The highest BCUT2D eigenvalue weighted by atomic mass is 32.2. The highest BCUT2D eigenvalue weighted by molar-refractivity contribution is 8.02. The summed E-state index contributed by atoms with van der Waals surface area (Å²) in [5.41, 5.74) is 3.86. The van der Waals surface area contributed by atoms with Gasteiger partial charge in [-0.2, -0.15) is 0 Å². The van der Waals surface area contributed by atoms with E-state index < -0.39 is 38.6 Å². The molecule has 2 atom stereocenters. The van der Waals surface area contributed by atoms with Crippen LogP contribution in [0.25, 0.3) is 0 Å². The minimum Gasteiger partial charge on any atom is -0.480 e. The Labute approximate surface area is 237 Å². The number of hydrogen-bond donors (Lipinski definition) is 4. The van der Waals surface area contributed by atoms with Gasteiger partial charge in [0.2, 0.25) is 5.88 Å². The van der Waals surface area contributed by atoms with E-state index in [1.54, 1.807) is 34.7 Å². The van der Waals surface area contributed by atoms with Gasteiger partial charge in [-0.3, -0.25) is 15.1 Å². The molecule has 0 radical (unpaired) electrons. The topological polar surface area (TPSA) is 166 Å². The molecule has 1 aliphatic heterocycles. The average molecular weight is 577 g/mol. The van der Waals surface area contributed by atoms with E-state index in [4.69, 9.17) is 20.2 Å². The van der Waals surface area contributed by atoms with Crippen LogP contribution in [0.1, 0.15) is 64.1 Å². The second-order valence-corrected chi connectivity index (χ2v) is 12.7. The van der Waals surface area contributed by atoms with Gasteiger partial charge in [-0.1, -0.05) is 0 Å². The Morgan fingerprint density at radius 3 is 2.38 bits per heavy atom. The van der Waals surface area contributed by atoms with Crippen LogP contribution in [0.3, 0.4) is 0 Å². The Bertz CT molecular complexity index is 1280. The molecule has 3 heterocycles. The van der Waals surface area contributed by atoms with Gasteiger partial charge >= 0.3 is 6.09 Å². The molecule has 218 valence electrons. The fraction of sp³-hybridized carbons (Fsp3) is 0.538. The first-order chi connectivity index (χ1) is 18.6. The van der Waals surface area contributed by atoms with Crippen molar-refractivity contribution in [3.8, 4) is 5.88 Å². The number of carbonyl (C=O) groups excluding carboxylic acids is 2. The van der Waals surface area contributed by atoms with Crippen LogP contribution < -0.4 is 26.4 Å². The van der Waals surface area contributed by atoms with Gasteiger partial charge in [0.15, 0.2) is 0 Å². The molecule has 3 rings (SSSR count). The van der Waals surface area contributed by atoms with Crippen LogP contribution in [0.15, 0.2) is 29.5 Å². The van der Waals surface area contributed by atoms with E-state index in [1.807, 2.05) is 13.8 Å². The second kappa shape index (κ2) is 11.6. The smallest absolute Gasteiger partial charge is 0.413 e. The first-order valence-electron chi connectivity index (χ1n) is 12.6. The van der Waals surface area contributed by atoms with Gasteiger partial charge in [-0.05, 0) is 73.7 Å². The normalized spacial score (nSPS) is 22.2. The van der Waals surface area contributed by atoms with Crippen LogP contribution in [-0.4, -0.2) is 68.7 Å². The van der Waals surface area contributed by atoms with Crippen molar-refractivity contribution >= 4 is 35.4 Å². The zero-order valence-corrected chi connectivity index (χ0v) is 24.8. The van der Waals surface area contributed by atoms with E-state index in [0.29, 0.717) is 6.42 Å². The SMILES string of the molecule is CN[C@@]1(CCN)SC(C)(C)C(NC(=O)OC(C)(C)C)=N[C@]1(C)c1nc(NC(=O)c2cnc(OC)cn2)ccc1F. The zero-order valence-electron chi connectivity index (χ0n) is 24.0. The lowest BCUT2D eigenvalue weighted by molar-refractivity contribution is 0.0560. The van der Waals surface area contributed by atoms with Gasteiger partial charge in [0, 0.05) is 0 Å². The van der Waals surface area contributed by atoms with Crippen LogP contribution in [0.5, 0.6) is 5.88 Å². The van der Waals surface area contributed by atoms with Gasteiger partial charge in [0.25, 0.3) is 5.91 Å². The highest BCUT2D eigenvalue weighted by Crippen LogP contribution is 2.54. The van der Waals surface area contributed by atoms with Gasteiger partial charge in [0.1, 0.15) is 40.0 Å². The highest BCUT2D eigenvalue weighted by Gasteiger charge is 2.58. The fourth-order valence-electron chi connectivity index (χ4n) is 4.34. The lowest BCUT2D eigenvalue weighted by Crippen LogP contribution is -2.64. The maximum atomic E-state index is 15.6. The summed E-state index contributed by atoms with van der Waals surface area (Å²) >= 11 is 1.44. The maximum absolute atomic E-state index is 15.6. The Morgan fingerprint density at radius 1 is 1.12 bits per heavy atom. The monoisotopic (exact) mass is 576 g/mol. The zero-order chi connectivity index (χ0) is 29.9. The summed E-state index contributed by atoms with van der Waals surface area (Å²) in [5, 5.41) is 8.69. The van der Waals surface area contributed by atoms with Crippen molar-refractivity contribution in [2.45, 2.75) is 68.7 Å². The molecule has 0 aliphatic carbocycles. The van der Waals surface area contributed by atoms with Crippen molar-refractivity contribution in [1.82, 2.24) is 25.6 Å². The Hall–Kier alpha value is -3.36. The van der Waals surface area contributed by atoms with Gasteiger partial charge in [0.05, 0.1) is 29.1 Å². The van der Waals surface area contributed by atoms with Crippen LogP contribution in [-0.2, 0) is 10.3 Å². The lowest BCUT2D eigenvalue weighted by Gasteiger charge is -2.53. The third-order valence-corrected chi connectivity index (χ3v) is 8.12. The summed E-state index contributed by atoms with van der Waals surface area (Å²) in [6.45, 7) is 11.0. The van der Waals surface area contributed by atoms with Gasteiger partial charge < -0.3 is 25.8 Å². The van der Waals surface area contributed by atoms with E-state index in [2.05, 4.69) is 30.9 Å². The van der Waals surface area contributed by atoms with E-state index in [1.165, 1.54) is 43.4 Å². The number of amidine groups is 1. The standard InChI is InChI=1S/C26H37FN8O4S/c1-23(2,3)39-22(37)34-21-24(4,5)40-26(29-7,11-12-28)25(6,35-21)19-15(27)9-10-17(32-19)33-20(36)16-13-31-18(38-8)14-30-16/h9-10,13-14,29H,11-12,28H2,1-8H3,(H,32,33,36)(H,34,35,37)/t25-,26+/m1/s1. The van der Waals surface area contributed by atoms with Gasteiger partial charge in [-0.25, -0.2) is 24.1 Å². The van der Waals surface area contributed by atoms with Crippen molar-refractivity contribution in [1.29, 1.82) is 0 Å². The number of hydrogen-bond acceptors (Lipinski definition) is 11. The Balaban J connectivity index is 2.10. The number of carbonyl (C=O) groups is 2. The van der Waals surface area contributed by atoms with E-state index in [0.717, 1.165) is 0 Å². The number of nitrogens with two attached hydrogens (primary N) is 1. The summed E-state index contributed by atoms with van der Waals surface area (Å²) in [6.07, 6.45) is 2.26. The number of methoxy groups -OCH3 is 1. The summed E-state index contributed by atoms with van der Waals surface area (Å²) in [4.78, 5) is 42.0. The van der Waals surface area contributed by atoms with Crippen molar-refractivity contribution < 1.29 is 23.5 Å². The lowest BCUT2D eigenvalue weighted by atomic mass is 9.84. The van der Waals surface area contributed by atoms with Crippen LogP contribution >= 0.6 is 11.8 Å². The number of halogens is 1. The first kappa shape index (κ1) is 31.2. The number of pyridine rings is 1. The quantitative estimate of drug-likeness (QED) is 0.384. The van der Waals surface area contributed by atoms with Crippen molar-refractivity contribution in [3.05, 3.63) is 41.7 Å². The van der Waals surface area contributed by atoms with E-state index in [9.17, 15) is 9.59 Å². The summed E-state index contributed by atoms with van der Waals surface area (Å²) < 4.78 is 25.3. The second-order valence-electron chi connectivity index (χ2n) is 10.8. The number of amides is 2. The molecule has 40 heavy (non-hydrogen) atoms. The number of rotatable bonds is 7. The van der Waals surface area contributed by atoms with Crippen LogP contribution in [0.4, 0.5) is 15.0 Å². The fourth-order valence-corrected chi connectivity index (χ4v) is 6.07. The molecular weight excluding hydrogens is 539 g/mol. The number of anilines is 1. The molecule has 0 spiro atoms. The number of ether oxygens (including phenoxy) is 2. The van der Waals surface area contributed by atoms with Crippen molar-refractivity contribution in [2.24, 2.45) is 10.7 Å². The number of likely N-dealkylation sites (N-methyl/N-ethyl adjacent to an activating group) is 1.